The van der Waals surface area contributed by atoms with Gasteiger partial charge in [0.05, 0.1) is 11.7 Å². The second-order valence-electron chi connectivity index (χ2n) is 9.77. The molecule has 0 fully saturated rings. The van der Waals surface area contributed by atoms with Crippen LogP contribution in [0.1, 0.15) is 53.5 Å². The number of carbonyl (C=O) groups is 1. The van der Waals surface area contributed by atoms with Crippen LogP contribution in [0.25, 0.3) is 11.1 Å². The van der Waals surface area contributed by atoms with Crippen molar-refractivity contribution in [1.82, 2.24) is 10.3 Å². The van der Waals surface area contributed by atoms with E-state index >= 15 is 4.39 Å². The summed E-state index contributed by atoms with van der Waals surface area (Å²) >= 11 is 3.35. The number of ether oxygens (including phenoxy) is 3. The molecule has 0 bridgehead atoms. The van der Waals surface area contributed by atoms with Crippen LogP contribution in [0.4, 0.5) is 9.18 Å². The maximum atomic E-state index is 15.3. The van der Waals surface area contributed by atoms with Gasteiger partial charge in [-0.3, -0.25) is 0 Å². The number of pyridine rings is 1. The second-order valence-corrected chi connectivity index (χ2v) is 10.6. The lowest BCUT2D eigenvalue weighted by Crippen LogP contribution is -2.52. The zero-order valence-corrected chi connectivity index (χ0v) is 20.9. The van der Waals surface area contributed by atoms with Crippen molar-refractivity contribution < 1.29 is 23.4 Å². The molecule has 0 unspecified atom stereocenters. The number of alkyl carbamates (subject to hydrolysis) is 1. The minimum absolute atomic E-state index is 0.0903. The van der Waals surface area contributed by atoms with Crippen LogP contribution in [0.15, 0.2) is 29.0 Å². The van der Waals surface area contributed by atoms with Crippen LogP contribution in [-0.4, -0.2) is 28.8 Å². The van der Waals surface area contributed by atoms with Gasteiger partial charge in [0.25, 0.3) is 0 Å². The van der Waals surface area contributed by atoms with Crippen LogP contribution in [0.2, 0.25) is 0 Å². The van der Waals surface area contributed by atoms with Crippen molar-refractivity contribution in [2.24, 2.45) is 5.92 Å². The average molecular weight is 509 g/mol. The van der Waals surface area contributed by atoms with Gasteiger partial charge < -0.3 is 19.5 Å². The van der Waals surface area contributed by atoms with E-state index in [1.165, 1.54) is 0 Å². The van der Waals surface area contributed by atoms with Gasteiger partial charge in [0.15, 0.2) is 11.6 Å². The second kappa shape index (κ2) is 9.25. The number of benzene rings is 1. The van der Waals surface area contributed by atoms with Gasteiger partial charge in [-0.2, -0.15) is 0 Å². The topological polar surface area (TPSA) is 69.7 Å². The molecule has 1 atom stereocenters. The molecule has 0 spiro atoms. The molecule has 1 aliphatic rings. The van der Waals surface area contributed by atoms with Gasteiger partial charge in [0.1, 0.15) is 29.2 Å². The van der Waals surface area contributed by atoms with Gasteiger partial charge in [-0.25, -0.2) is 14.2 Å². The predicted octanol–water partition coefficient (Wildman–Crippen LogP) is 6.25. The van der Waals surface area contributed by atoms with Gasteiger partial charge in [0.2, 0.25) is 0 Å². The molecule has 0 radical (unpaired) electrons. The normalized spacial score (nSPS) is 14.7. The fourth-order valence-electron chi connectivity index (χ4n) is 3.83. The molecule has 32 heavy (non-hydrogen) atoms. The van der Waals surface area contributed by atoms with Crippen LogP contribution >= 0.6 is 15.9 Å². The summed E-state index contributed by atoms with van der Waals surface area (Å²) in [5, 5.41) is 2.91. The minimum Gasteiger partial charge on any atom is -0.488 e. The lowest BCUT2D eigenvalue weighted by molar-refractivity contribution is 0.0406. The van der Waals surface area contributed by atoms with Gasteiger partial charge in [-0.15, -0.1) is 0 Å². The first kappa shape index (κ1) is 24.3. The van der Waals surface area contributed by atoms with Crippen LogP contribution in [0, 0.1) is 11.7 Å². The third-order valence-electron chi connectivity index (χ3n) is 4.91. The third-order valence-corrected chi connectivity index (χ3v) is 5.35. The highest BCUT2D eigenvalue weighted by Gasteiger charge is 2.32. The standard InChI is InChI=1S/C24H30BrFN2O4/c1-14(2)10-24(6,28-22(29)32-23(3,4)5)13-31-18-8-7-15-16-9-20(25)27-11-19(16)30-12-17(15)21(18)26/h7-9,11,14H,10,12-13H2,1-6H3,(H,28,29)/t24-/m0/s1. The summed E-state index contributed by atoms with van der Waals surface area (Å²) in [4.78, 5) is 16.5. The number of rotatable bonds is 6. The number of hydrogen-bond acceptors (Lipinski definition) is 5. The van der Waals surface area contributed by atoms with E-state index in [9.17, 15) is 4.79 Å². The summed E-state index contributed by atoms with van der Waals surface area (Å²) in [5.74, 6) is 0.541. The third kappa shape index (κ3) is 5.91. The van der Waals surface area contributed by atoms with E-state index in [1.807, 2.05) is 13.0 Å². The minimum atomic E-state index is -0.738. The molecule has 2 heterocycles. The molecule has 1 aromatic heterocycles. The predicted molar refractivity (Wildman–Crippen MR) is 124 cm³/mol. The van der Waals surface area contributed by atoms with E-state index in [4.69, 9.17) is 14.2 Å². The number of hydrogen-bond donors (Lipinski definition) is 1. The highest BCUT2D eigenvalue weighted by atomic mass is 79.9. The lowest BCUT2D eigenvalue weighted by atomic mass is 9.91. The Kier molecular flexibility index (Phi) is 7.03. The molecule has 1 amide bonds. The summed E-state index contributed by atoms with van der Waals surface area (Å²) in [5.41, 5.74) is 0.595. The van der Waals surface area contributed by atoms with E-state index in [0.717, 1.165) is 11.1 Å². The molecule has 1 aliphatic heterocycles. The monoisotopic (exact) mass is 508 g/mol. The molecular formula is C24H30BrFN2O4. The zero-order chi connectivity index (χ0) is 23.7. The van der Waals surface area contributed by atoms with E-state index in [0.29, 0.717) is 22.3 Å². The Morgan fingerprint density at radius 2 is 2.00 bits per heavy atom. The molecule has 0 saturated carbocycles. The Labute approximate surface area is 197 Å². The lowest BCUT2D eigenvalue weighted by Gasteiger charge is -2.33. The highest BCUT2D eigenvalue weighted by molar-refractivity contribution is 9.10. The summed E-state index contributed by atoms with van der Waals surface area (Å²) in [6, 6.07) is 5.24. The maximum Gasteiger partial charge on any atom is 0.408 e. The molecule has 1 aromatic carbocycles. The van der Waals surface area contributed by atoms with E-state index in [2.05, 4.69) is 40.1 Å². The van der Waals surface area contributed by atoms with Crippen molar-refractivity contribution in [2.75, 3.05) is 6.61 Å². The number of aromatic nitrogens is 1. The first-order valence-corrected chi connectivity index (χ1v) is 11.4. The van der Waals surface area contributed by atoms with Gasteiger partial charge in [-0.1, -0.05) is 13.8 Å². The fraction of sp³-hybridized carbons (Fsp3) is 0.500. The van der Waals surface area contributed by atoms with Crippen molar-refractivity contribution in [3.8, 4) is 22.6 Å². The van der Waals surface area contributed by atoms with E-state index < -0.39 is 23.1 Å². The molecule has 3 rings (SSSR count). The number of nitrogens with zero attached hydrogens (tertiary/aromatic N) is 1. The summed E-state index contributed by atoms with van der Waals surface area (Å²) < 4.78 is 32.9. The largest absolute Gasteiger partial charge is 0.488 e. The molecule has 8 heteroatoms. The molecule has 174 valence electrons. The summed E-state index contributed by atoms with van der Waals surface area (Å²) in [6.45, 7) is 11.6. The maximum absolute atomic E-state index is 15.3. The number of carbonyl (C=O) groups excluding carboxylic acids is 1. The Hall–Kier alpha value is -2.35. The van der Waals surface area contributed by atoms with Crippen LogP contribution in [-0.2, 0) is 11.3 Å². The Balaban J connectivity index is 1.81. The SMILES string of the molecule is CC(C)C[C@@](C)(COc1ccc2c(c1F)COc1cnc(Br)cc1-2)NC(=O)OC(C)(C)C. The van der Waals surface area contributed by atoms with Crippen LogP contribution in [0.5, 0.6) is 11.5 Å². The molecule has 2 aromatic rings. The smallest absolute Gasteiger partial charge is 0.408 e. The highest BCUT2D eigenvalue weighted by Crippen LogP contribution is 2.41. The van der Waals surface area contributed by atoms with Crippen molar-refractivity contribution in [1.29, 1.82) is 0 Å². The first-order chi connectivity index (χ1) is 14.9. The fourth-order valence-corrected chi connectivity index (χ4v) is 4.16. The van der Waals surface area contributed by atoms with Crippen molar-refractivity contribution >= 4 is 22.0 Å². The molecule has 6 nitrogen and oxygen atoms in total. The van der Waals surface area contributed by atoms with E-state index in [1.54, 1.807) is 39.1 Å². The van der Waals surface area contributed by atoms with E-state index in [-0.39, 0.29) is 24.9 Å². The van der Waals surface area contributed by atoms with Crippen LogP contribution < -0.4 is 14.8 Å². The Bertz CT molecular complexity index is 1010. The van der Waals surface area contributed by atoms with Gasteiger partial charge >= 0.3 is 6.09 Å². The Morgan fingerprint density at radius 1 is 1.28 bits per heavy atom. The zero-order valence-electron chi connectivity index (χ0n) is 19.3. The molecular weight excluding hydrogens is 479 g/mol. The summed E-state index contributed by atoms with van der Waals surface area (Å²) in [6.07, 6.45) is 1.72. The number of nitrogens with one attached hydrogen (secondary N) is 1. The quantitative estimate of drug-likeness (QED) is 0.466. The van der Waals surface area contributed by atoms with Crippen molar-refractivity contribution in [2.45, 2.75) is 65.7 Å². The van der Waals surface area contributed by atoms with Crippen molar-refractivity contribution in [3.63, 3.8) is 0 Å². The first-order valence-electron chi connectivity index (χ1n) is 10.6. The molecule has 1 N–H and O–H groups in total. The molecule has 0 aliphatic carbocycles. The van der Waals surface area contributed by atoms with Crippen molar-refractivity contribution in [3.05, 3.63) is 40.4 Å². The number of amides is 1. The number of fused-ring (bicyclic) bond motifs is 3. The molecule has 0 saturated heterocycles. The van der Waals surface area contributed by atoms with Gasteiger partial charge in [-0.05, 0) is 79.7 Å². The average Bonchev–Trinajstić information content (AvgIpc) is 2.65. The number of halogens is 2. The summed E-state index contributed by atoms with van der Waals surface area (Å²) in [7, 11) is 0. The van der Waals surface area contributed by atoms with Gasteiger partial charge in [0, 0.05) is 11.1 Å². The Morgan fingerprint density at radius 3 is 2.66 bits per heavy atom. The van der Waals surface area contributed by atoms with Crippen LogP contribution in [0.3, 0.4) is 0 Å².